The van der Waals surface area contributed by atoms with Crippen LogP contribution < -0.4 is 5.73 Å². The predicted molar refractivity (Wildman–Crippen MR) is 45.9 cm³/mol. The van der Waals surface area contributed by atoms with Gasteiger partial charge in [-0.2, -0.15) is 0 Å². The number of hydrogen-bond acceptors (Lipinski definition) is 3. The maximum absolute atomic E-state index is 11.5. The van der Waals surface area contributed by atoms with Crippen LogP contribution in [0.4, 0.5) is 4.79 Å². The monoisotopic (exact) mass is 183 g/mol. The Morgan fingerprint density at radius 1 is 1.46 bits per heavy atom. The molecule has 2 fully saturated rings. The lowest BCUT2D eigenvalue weighted by Crippen LogP contribution is -2.41. The Hall–Kier alpha value is -1.10. The molecule has 1 unspecified atom stereocenters. The van der Waals surface area contributed by atoms with Gasteiger partial charge >= 0.3 is 6.03 Å². The van der Waals surface area contributed by atoms with E-state index in [1.165, 1.54) is 7.05 Å². The maximum atomic E-state index is 11.5. The van der Waals surface area contributed by atoms with E-state index in [2.05, 4.69) is 0 Å². The Labute approximate surface area is 76.5 Å². The van der Waals surface area contributed by atoms with Crippen molar-refractivity contribution in [3.63, 3.8) is 0 Å². The smallest absolute Gasteiger partial charge is 0.327 e. The summed E-state index contributed by atoms with van der Waals surface area (Å²) in [5.74, 6) is -0.167. The largest absolute Gasteiger partial charge is 0.328 e. The third-order valence-electron chi connectivity index (χ3n) is 2.62. The highest BCUT2D eigenvalue weighted by molar-refractivity contribution is 6.04. The van der Waals surface area contributed by atoms with Gasteiger partial charge in [-0.1, -0.05) is 0 Å². The van der Waals surface area contributed by atoms with E-state index in [-0.39, 0.29) is 24.5 Å². The second-order valence-electron chi connectivity index (χ2n) is 3.57. The Kier molecular flexibility index (Phi) is 1.76. The van der Waals surface area contributed by atoms with Gasteiger partial charge in [0.1, 0.15) is 6.04 Å². The molecule has 2 N–H and O–H groups in total. The van der Waals surface area contributed by atoms with Crippen molar-refractivity contribution >= 4 is 11.9 Å². The van der Waals surface area contributed by atoms with Crippen molar-refractivity contribution in [2.24, 2.45) is 5.73 Å². The number of nitrogens with zero attached hydrogens (tertiary/aromatic N) is 2. The molecule has 5 nitrogen and oxygen atoms in total. The summed E-state index contributed by atoms with van der Waals surface area (Å²) in [7, 11) is 1.51. The standard InChI is InChI=1S/C8H13N3O2/c1-10-7(12)6(4-9)11(8(10)13)5-2-3-5/h5-6H,2-4,9H2,1H3. The maximum Gasteiger partial charge on any atom is 0.327 e. The predicted octanol–water partition coefficient (Wildman–Crippen LogP) is -0.630. The number of urea groups is 1. The van der Waals surface area contributed by atoms with E-state index in [4.69, 9.17) is 5.73 Å². The average Bonchev–Trinajstić information content (AvgIpc) is 2.90. The summed E-state index contributed by atoms with van der Waals surface area (Å²) < 4.78 is 0. The Morgan fingerprint density at radius 2 is 2.08 bits per heavy atom. The normalized spacial score (nSPS) is 28.9. The molecule has 0 bridgehead atoms. The summed E-state index contributed by atoms with van der Waals surface area (Å²) in [5, 5.41) is 0. The molecule has 0 spiro atoms. The molecule has 1 aliphatic heterocycles. The fourth-order valence-corrected chi connectivity index (χ4v) is 1.72. The summed E-state index contributed by atoms with van der Waals surface area (Å²) in [4.78, 5) is 25.8. The van der Waals surface area contributed by atoms with Gasteiger partial charge in [-0.25, -0.2) is 4.79 Å². The fourth-order valence-electron chi connectivity index (χ4n) is 1.72. The van der Waals surface area contributed by atoms with E-state index in [0.29, 0.717) is 0 Å². The fraction of sp³-hybridized carbons (Fsp3) is 0.750. The van der Waals surface area contributed by atoms with Gasteiger partial charge < -0.3 is 10.6 Å². The molecule has 5 heteroatoms. The quantitative estimate of drug-likeness (QED) is 0.580. The molecule has 0 radical (unpaired) electrons. The van der Waals surface area contributed by atoms with Gasteiger partial charge in [-0.3, -0.25) is 9.69 Å². The van der Waals surface area contributed by atoms with E-state index in [1.54, 1.807) is 4.90 Å². The lowest BCUT2D eigenvalue weighted by atomic mass is 10.2. The van der Waals surface area contributed by atoms with E-state index in [1.807, 2.05) is 0 Å². The summed E-state index contributed by atoms with van der Waals surface area (Å²) >= 11 is 0. The molecule has 0 aromatic carbocycles. The molecule has 72 valence electrons. The van der Waals surface area contributed by atoms with E-state index >= 15 is 0 Å². The van der Waals surface area contributed by atoms with Gasteiger partial charge in [0, 0.05) is 19.6 Å². The van der Waals surface area contributed by atoms with Crippen LogP contribution >= 0.6 is 0 Å². The van der Waals surface area contributed by atoms with Crippen LogP contribution in [-0.2, 0) is 4.79 Å². The minimum absolute atomic E-state index is 0.167. The Morgan fingerprint density at radius 3 is 2.54 bits per heavy atom. The minimum Gasteiger partial charge on any atom is -0.328 e. The van der Waals surface area contributed by atoms with E-state index in [9.17, 15) is 9.59 Å². The van der Waals surface area contributed by atoms with Crippen molar-refractivity contribution in [3.8, 4) is 0 Å². The summed E-state index contributed by atoms with van der Waals surface area (Å²) in [5.41, 5.74) is 5.46. The molecule has 0 aromatic rings. The molecular weight excluding hydrogens is 170 g/mol. The number of carbonyl (C=O) groups excluding carboxylic acids is 2. The molecule has 2 aliphatic rings. The molecule has 3 amide bonds. The molecule has 2 rings (SSSR count). The number of nitrogens with two attached hydrogens (primary N) is 1. The minimum atomic E-state index is -0.412. The van der Waals surface area contributed by atoms with Gasteiger partial charge in [-0.05, 0) is 12.8 Å². The van der Waals surface area contributed by atoms with Gasteiger partial charge in [0.25, 0.3) is 5.91 Å². The van der Waals surface area contributed by atoms with Gasteiger partial charge in [-0.15, -0.1) is 0 Å². The molecular formula is C8H13N3O2. The summed E-state index contributed by atoms with van der Waals surface area (Å²) in [6.07, 6.45) is 2.01. The zero-order valence-corrected chi connectivity index (χ0v) is 7.56. The van der Waals surface area contributed by atoms with Crippen LogP contribution in [0.5, 0.6) is 0 Å². The van der Waals surface area contributed by atoms with Crippen LogP contribution in [0.1, 0.15) is 12.8 Å². The van der Waals surface area contributed by atoms with Crippen LogP contribution in [-0.4, -0.2) is 47.4 Å². The zero-order chi connectivity index (χ0) is 9.59. The number of likely N-dealkylation sites (N-methyl/N-ethyl adjacent to an activating group) is 1. The van der Waals surface area contributed by atoms with Crippen molar-refractivity contribution in [2.75, 3.05) is 13.6 Å². The van der Waals surface area contributed by atoms with Crippen molar-refractivity contribution in [1.82, 2.24) is 9.80 Å². The molecule has 0 aromatic heterocycles. The highest BCUT2D eigenvalue weighted by Crippen LogP contribution is 2.32. The molecule has 1 heterocycles. The van der Waals surface area contributed by atoms with Crippen molar-refractivity contribution < 1.29 is 9.59 Å². The average molecular weight is 183 g/mol. The van der Waals surface area contributed by atoms with Crippen molar-refractivity contribution in [1.29, 1.82) is 0 Å². The van der Waals surface area contributed by atoms with E-state index in [0.717, 1.165) is 17.7 Å². The second kappa shape index (κ2) is 2.70. The number of rotatable bonds is 2. The number of amides is 3. The summed E-state index contributed by atoms with van der Waals surface area (Å²) in [6, 6.07) is -0.345. The molecule has 1 saturated carbocycles. The second-order valence-corrected chi connectivity index (χ2v) is 3.57. The number of imide groups is 1. The van der Waals surface area contributed by atoms with Crippen molar-refractivity contribution in [3.05, 3.63) is 0 Å². The third-order valence-corrected chi connectivity index (χ3v) is 2.62. The first kappa shape index (κ1) is 8.50. The highest BCUT2D eigenvalue weighted by atomic mass is 16.2. The first-order valence-electron chi connectivity index (χ1n) is 4.46. The van der Waals surface area contributed by atoms with Gasteiger partial charge in [0.15, 0.2) is 0 Å². The van der Waals surface area contributed by atoms with Crippen LogP contribution in [0.25, 0.3) is 0 Å². The van der Waals surface area contributed by atoms with Gasteiger partial charge in [0.05, 0.1) is 0 Å². The number of hydrogen-bond donors (Lipinski definition) is 1. The lowest BCUT2D eigenvalue weighted by Gasteiger charge is -2.19. The lowest BCUT2D eigenvalue weighted by molar-refractivity contribution is -0.127. The van der Waals surface area contributed by atoms with Gasteiger partial charge in [0.2, 0.25) is 0 Å². The highest BCUT2D eigenvalue weighted by Gasteiger charge is 2.48. The zero-order valence-electron chi connectivity index (χ0n) is 7.56. The van der Waals surface area contributed by atoms with Crippen molar-refractivity contribution in [2.45, 2.75) is 24.9 Å². The van der Waals surface area contributed by atoms with Crippen LogP contribution in [0, 0.1) is 0 Å². The van der Waals surface area contributed by atoms with Crippen LogP contribution in [0.3, 0.4) is 0 Å². The number of carbonyl (C=O) groups is 2. The third kappa shape index (κ3) is 1.11. The first-order valence-corrected chi connectivity index (χ1v) is 4.46. The van der Waals surface area contributed by atoms with E-state index < -0.39 is 6.04 Å². The topological polar surface area (TPSA) is 66.6 Å². The molecule has 1 atom stereocenters. The Balaban J connectivity index is 2.23. The molecule has 1 aliphatic carbocycles. The SMILES string of the molecule is CN1C(=O)C(CN)N(C2CC2)C1=O. The molecule has 13 heavy (non-hydrogen) atoms. The Bertz CT molecular complexity index is 262. The van der Waals surface area contributed by atoms with Crippen LogP contribution in [0.15, 0.2) is 0 Å². The van der Waals surface area contributed by atoms with Crippen LogP contribution in [0.2, 0.25) is 0 Å². The molecule has 1 saturated heterocycles. The first-order chi connectivity index (χ1) is 6.16. The summed E-state index contributed by atoms with van der Waals surface area (Å²) in [6.45, 7) is 0.228.